The maximum Gasteiger partial charge on any atom is 0.267 e. The molecule has 5 nitrogen and oxygen atoms in total. The number of hydrogen-bond acceptors (Lipinski definition) is 4. The molecule has 0 radical (unpaired) electrons. The van der Waals surface area contributed by atoms with Gasteiger partial charge in [0.15, 0.2) is 0 Å². The number of amides is 1. The van der Waals surface area contributed by atoms with Crippen molar-refractivity contribution in [1.82, 2.24) is 9.88 Å². The molecule has 4 atom stereocenters. The predicted molar refractivity (Wildman–Crippen MR) is 98.2 cm³/mol. The number of piperidine rings is 1. The van der Waals surface area contributed by atoms with Gasteiger partial charge in [-0.05, 0) is 43.9 Å². The molecule has 1 saturated carbocycles. The van der Waals surface area contributed by atoms with Crippen LogP contribution in [0.4, 0.5) is 0 Å². The average molecular weight is 345 g/mol. The molecule has 1 saturated heterocycles. The Kier molecular flexibility index (Phi) is 5.44. The lowest BCUT2D eigenvalue weighted by Gasteiger charge is -2.56. The first-order chi connectivity index (χ1) is 12.0. The molecule has 1 amide bonds. The Labute approximate surface area is 150 Å². The van der Waals surface area contributed by atoms with E-state index in [4.69, 9.17) is 10.5 Å². The molecule has 2 N–H and O–H groups in total. The molecule has 2 aliphatic rings. The fourth-order valence-electron chi connectivity index (χ4n) is 5.16. The topological polar surface area (TPSA) is 68.4 Å². The Morgan fingerprint density at radius 1 is 1.44 bits per heavy atom. The molecule has 2 heterocycles. The van der Waals surface area contributed by atoms with Gasteiger partial charge in [0.2, 0.25) is 0 Å². The highest BCUT2D eigenvalue weighted by Crippen LogP contribution is 2.51. The van der Waals surface area contributed by atoms with Crippen LogP contribution >= 0.6 is 0 Å². The number of pyridine rings is 1. The molecule has 25 heavy (non-hydrogen) atoms. The second kappa shape index (κ2) is 7.42. The first-order valence-corrected chi connectivity index (χ1v) is 9.58. The quantitative estimate of drug-likeness (QED) is 0.861. The van der Waals surface area contributed by atoms with E-state index in [0.717, 1.165) is 31.5 Å². The van der Waals surface area contributed by atoms with E-state index in [1.807, 2.05) is 19.2 Å². The molecule has 1 aromatic rings. The molecule has 3 rings (SSSR count). The van der Waals surface area contributed by atoms with Crippen molar-refractivity contribution in [2.75, 3.05) is 20.2 Å². The van der Waals surface area contributed by atoms with Gasteiger partial charge in [-0.2, -0.15) is 0 Å². The Morgan fingerprint density at radius 3 is 2.68 bits per heavy atom. The lowest BCUT2D eigenvalue weighted by Crippen LogP contribution is -2.60. The number of primary amides is 1. The van der Waals surface area contributed by atoms with E-state index in [-0.39, 0.29) is 5.60 Å². The summed E-state index contributed by atoms with van der Waals surface area (Å²) in [6.45, 7) is 6.71. The van der Waals surface area contributed by atoms with Crippen molar-refractivity contribution < 1.29 is 9.53 Å². The molecule has 2 bridgehead atoms. The number of aromatic nitrogens is 1. The molecule has 1 aliphatic carbocycles. The largest absolute Gasteiger partial charge is 0.373 e. The van der Waals surface area contributed by atoms with Crippen LogP contribution in [0, 0.1) is 11.8 Å². The summed E-state index contributed by atoms with van der Waals surface area (Å²) in [6.07, 6.45) is 7.72. The molecule has 2 fully saturated rings. The summed E-state index contributed by atoms with van der Waals surface area (Å²) in [5.41, 5.74) is 6.53. The van der Waals surface area contributed by atoms with E-state index in [9.17, 15) is 4.79 Å². The van der Waals surface area contributed by atoms with Crippen LogP contribution in [0.25, 0.3) is 0 Å². The monoisotopic (exact) mass is 345 g/mol. The highest BCUT2D eigenvalue weighted by molar-refractivity contribution is 5.90. The Balaban J connectivity index is 1.96. The molecule has 1 aromatic heterocycles. The van der Waals surface area contributed by atoms with Crippen LogP contribution in [0.5, 0.6) is 0 Å². The normalized spacial score (nSPS) is 30.8. The summed E-state index contributed by atoms with van der Waals surface area (Å²) in [7, 11) is 1.82. The van der Waals surface area contributed by atoms with Gasteiger partial charge in [0.25, 0.3) is 5.91 Å². The molecule has 138 valence electrons. The van der Waals surface area contributed by atoms with E-state index in [1.165, 1.54) is 19.3 Å². The molecule has 0 spiro atoms. The number of ether oxygens (including phenoxy) is 1. The van der Waals surface area contributed by atoms with Gasteiger partial charge in [0.05, 0.1) is 0 Å². The molecule has 5 heteroatoms. The van der Waals surface area contributed by atoms with Crippen LogP contribution < -0.4 is 5.73 Å². The van der Waals surface area contributed by atoms with Gasteiger partial charge in [-0.1, -0.05) is 19.8 Å². The fourth-order valence-corrected chi connectivity index (χ4v) is 5.16. The lowest BCUT2D eigenvalue weighted by atomic mass is 9.62. The number of fused-ring (bicyclic) bond motifs is 2. The van der Waals surface area contributed by atoms with E-state index in [2.05, 4.69) is 23.7 Å². The van der Waals surface area contributed by atoms with Crippen molar-refractivity contribution >= 4 is 5.91 Å². The third-order valence-electron chi connectivity index (χ3n) is 6.36. The summed E-state index contributed by atoms with van der Waals surface area (Å²) in [6, 6.07) is 4.47. The van der Waals surface area contributed by atoms with E-state index in [1.54, 1.807) is 6.20 Å². The van der Waals surface area contributed by atoms with Crippen LogP contribution in [0.3, 0.4) is 0 Å². The van der Waals surface area contributed by atoms with Gasteiger partial charge < -0.3 is 10.5 Å². The minimum atomic E-state index is -0.479. The van der Waals surface area contributed by atoms with Gasteiger partial charge in [-0.15, -0.1) is 0 Å². The van der Waals surface area contributed by atoms with Crippen LogP contribution in [-0.2, 0) is 10.3 Å². The SMILES string of the molecule is CCC[C@H](C)N1C[C@H]2CCC[C@@H](C1)[C@]2(OC)c1ccnc(C(N)=O)c1. The zero-order valence-electron chi connectivity index (χ0n) is 15.7. The maximum atomic E-state index is 11.6. The van der Waals surface area contributed by atoms with Gasteiger partial charge in [0, 0.05) is 44.3 Å². The first-order valence-electron chi connectivity index (χ1n) is 9.58. The highest BCUT2D eigenvalue weighted by Gasteiger charge is 2.53. The number of hydrogen-bond donors (Lipinski definition) is 1. The number of carbonyl (C=O) groups is 1. The Morgan fingerprint density at radius 2 is 2.12 bits per heavy atom. The van der Waals surface area contributed by atoms with E-state index < -0.39 is 5.91 Å². The summed E-state index contributed by atoms with van der Waals surface area (Å²) in [4.78, 5) is 18.4. The van der Waals surface area contributed by atoms with Crippen molar-refractivity contribution in [2.45, 2.75) is 57.6 Å². The number of rotatable bonds is 6. The molecule has 0 aromatic carbocycles. The molecular weight excluding hydrogens is 314 g/mol. The summed E-state index contributed by atoms with van der Waals surface area (Å²) in [5, 5.41) is 0. The highest BCUT2D eigenvalue weighted by atomic mass is 16.5. The summed E-state index contributed by atoms with van der Waals surface area (Å²) < 4.78 is 6.25. The van der Waals surface area contributed by atoms with Gasteiger partial charge in [-0.3, -0.25) is 14.7 Å². The van der Waals surface area contributed by atoms with Crippen molar-refractivity contribution in [1.29, 1.82) is 0 Å². The first kappa shape index (κ1) is 18.3. The summed E-state index contributed by atoms with van der Waals surface area (Å²) in [5.74, 6) is 0.395. The van der Waals surface area contributed by atoms with Gasteiger partial charge in [-0.25, -0.2) is 0 Å². The van der Waals surface area contributed by atoms with Crippen LogP contribution in [0.1, 0.15) is 62.0 Å². The lowest BCUT2D eigenvalue weighted by molar-refractivity contribution is -0.173. The Bertz CT molecular complexity index is 605. The molecule has 1 aliphatic heterocycles. The number of nitrogens with zero attached hydrogens (tertiary/aromatic N) is 2. The zero-order chi connectivity index (χ0) is 18.0. The average Bonchev–Trinajstić information content (AvgIpc) is 2.60. The number of likely N-dealkylation sites (tertiary alicyclic amines) is 1. The number of methoxy groups -OCH3 is 1. The fraction of sp³-hybridized carbons (Fsp3) is 0.700. The smallest absolute Gasteiger partial charge is 0.267 e. The van der Waals surface area contributed by atoms with E-state index >= 15 is 0 Å². The second-order valence-corrected chi connectivity index (χ2v) is 7.71. The zero-order valence-corrected chi connectivity index (χ0v) is 15.7. The molecule has 0 unspecified atom stereocenters. The van der Waals surface area contributed by atoms with Crippen LogP contribution in [0.2, 0.25) is 0 Å². The van der Waals surface area contributed by atoms with Crippen LogP contribution in [-0.4, -0.2) is 42.0 Å². The minimum absolute atomic E-state index is 0.326. The third kappa shape index (κ3) is 3.20. The predicted octanol–water partition coefficient (Wildman–Crippen LogP) is 2.94. The Hall–Kier alpha value is -1.46. The van der Waals surface area contributed by atoms with Crippen molar-refractivity contribution in [3.8, 4) is 0 Å². The maximum absolute atomic E-state index is 11.6. The van der Waals surface area contributed by atoms with E-state index in [0.29, 0.717) is 23.6 Å². The van der Waals surface area contributed by atoms with Crippen molar-refractivity contribution in [3.63, 3.8) is 0 Å². The van der Waals surface area contributed by atoms with Crippen molar-refractivity contribution in [2.24, 2.45) is 17.6 Å². The number of carbonyl (C=O) groups excluding carboxylic acids is 1. The minimum Gasteiger partial charge on any atom is -0.373 e. The van der Waals surface area contributed by atoms with Crippen molar-refractivity contribution in [3.05, 3.63) is 29.6 Å². The third-order valence-corrected chi connectivity index (χ3v) is 6.36. The van der Waals surface area contributed by atoms with Gasteiger partial charge in [0.1, 0.15) is 11.3 Å². The second-order valence-electron chi connectivity index (χ2n) is 7.71. The standard InChI is InChI=1S/C20H31N3O2/c1-4-6-14(2)23-12-16-7-5-8-17(13-23)20(16,25-3)15-9-10-22-18(11-15)19(21)24/h9-11,14,16-17H,4-8,12-13H2,1-3H3,(H2,21,24)/t14-,16-,17+,20+/m0/s1. The van der Waals surface area contributed by atoms with Gasteiger partial charge >= 0.3 is 0 Å². The molecular formula is C20H31N3O2. The van der Waals surface area contributed by atoms with Crippen LogP contribution in [0.15, 0.2) is 18.3 Å². The number of nitrogens with two attached hydrogens (primary N) is 1. The summed E-state index contributed by atoms with van der Waals surface area (Å²) >= 11 is 0.